The Hall–Kier alpha value is -1.59. The molecular weight excluding hydrogens is 278 g/mol. The van der Waals surface area contributed by atoms with Gasteiger partial charge in [-0.05, 0) is 50.9 Å². The maximum absolute atomic E-state index is 11.8. The van der Waals surface area contributed by atoms with Crippen LogP contribution in [0.25, 0.3) is 0 Å². The van der Waals surface area contributed by atoms with Crippen LogP contribution < -0.4 is 10.6 Å². The van der Waals surface area contributed by atoms with E-state index in [9.17, 15) is 4.79 Å². The molecule has 0 radical (unpaired) electrons. The molecule has 2 aliphatic rings. The van der Waals surface area contributed by atoms with Gasteiger partial charge in [0.25, 0.3) is 5.91 Å². The molecule has 2 N–H and O–H groups in total. The lowest BCUT2D eigenvalue weighted by atomic mass is 10.0. The van der Waals surface area contributed by atoms with E-state index in [1.807, 2.05) is 24.3 Å². The van der Waals surface area contributed by atoms with Crippen LogP contribution in [0.15, 0.2) is 24.3 Å². The quantitative estimate of drug-likeness (QED) is 0.901. The van der Waals surface area contributed by atoms with Gasteiger partial charge < -0.3 is 15.4 Å². The summed E-state index contributed by atoms with van der Waals surface area (Å²) in [5.74, 6) is -0.353. The molecule has 0 spiro atoms. The lowest BCUT2D eigenvalue weighted by Crippen LogP contribution is -2.46. The Balaban J connectivity index is 1.87. The lowest BCUT2D eigenvalue weighted by Gasteiger charge is -2.39. The van der Waals surface area contributed by atoms with Gasteiger partial charge in [0.15, 0.2) is 0 Å². The molecule has 2 saturated heterocycles. The van der Waals surface area contributed by atoms with Crippen LogP contribution in [-0.4, -0.2) is 49.8 Å². The molecule has 2 fully saturated rings. The van der Waals surface area contributed by atoms with E-state index >= 15 is 0 Å². The Morgan fingerprint density at radius 3 is 2.59 bits per heavy atom. The minimum Gasteiger partial charge on any atom is -0.381 e. The average Bonchev–Trinajstić information content (AvgIpc) is 3.06. The molecular formula is C17H25N3O2. The Labute approximate surface area is 132 Å². The summed E-state index contributed by atoms with van der Waals surface area (Å²) in [7, 11) is 0. The highest BCUT2D eigenvalue weighted by Gasteiger charge is 2.27. The molecule has 0 saturated carbocycles. The molecule has 0 unspecified atom stereocenters. The summed E-state index contributed by atoms with van der Waals surface area (Å²) in [5.41, 5.74) is 7.17. The fraction of sp³-hybridized carbons (Fsp3) is 0.588. The van der Waals surface area contributed by atoms with Gasteiger partial charge in [-0.2, -0.15) is 0 Å². The topological polar surface area (TPSA) is 58.8 Å². The number of amides is 1. The SMILES string of the molecule is NC(=O)c1ccccc1N(CN1CCCC1)C1CCOCC1. The minimum atomic E-state index is -0.353. The Morgan fingerprint density at radius 2 is 1.91 bits per heavy atom. The Bertz CT molecular complexity index is 508. The summed E-state index contributed by atoms with van der Waals surface area (Å²) in [6, 6.07) is 8.12. The number of likely N-dealkylation sites (tertiary alicyclic amines) is 1. The van der Waals surface area contributed by atoms with E-state index in [4.69, 9.17) is 10.5 Å². The largest absolute Gasteiger partial charge is 0.381 e. The molecule has 5 nitrogen and oxygen atoms in total. The van der Waals surface area contributed by atoms with Crippen molar-refractivity contribution in [3.8, 4) is 0 Å². The maximum atomic E-state index is 11.8. The van der Waals surface area contributed by atoms with E-state index < -0.39 is 0 Å². The van der Waals surface area contributed by atoms with Crippen LogP contribution in [-0.2, 0) is 4.74 Å². The van der Waals surface area contributed by atoms with Crippen LogP contribution >= 0.6 is 0 Å². The number of anilines is 1. The van der Waals surface area contributed by atoms with E-state index in [1.165, 1.54) is 12.8 Å². The van der Waals surface area contributed by atoms with Gasteiger partial charge >= 0.3 is 0 Å². The number of carbonyl (C=O) groups is 1. The van der Waals surface area contributed by atoms with Crippen LogP contribution in [0.4, 0.5) is 5.69 Å². The zero-order valence-electron chi connectivity index (χ0n) is 13.0. The average molecular weight is 303 g/mol. The lowest BCUT2D eigenvalue weighted by molar-refractivity contribution is 0.0817. The van der Waals surface area contributed by atoms with Crippen LogP contribution in [0.2, 0.25) is 0 Å². The second-order valence-electron chi connectivity index (χ2n) is 6.16. The Kier molecular flexibility index (Phi) is 4.95. The summed E-state index contributed by atoms with van der Waals surface area (Å²) >= 11 is 0. The molecule has 22 heavy (non-hydrogen) atoms. The molecule has 0 atom stereocenters. The molecule has 2 aliphatic heterocycles. The first kappa shape index (κ1) is 15.3. The van der Waals surface area contributed by atoms with Gasteiger partial charge in [-0.1, -0.05) is 12.1 Å². The molecule has 1 aromatic rings. The van der Waals surface area contributed by atoms with Crippen LogP contribution in [0.5, 0.6) is 0 Å². The van der Waals surface area contributed by atoms with Crippen molar-refractivity contribution in [3.05, 3.63) is 29.8 Å². The molecule has 3 rings (SSSR count). The van der Waals surface area contributed by atoms with Crippen molar-refractivity contribution in [2.24, 2.45) is 5.73 Å². The maximum Gasteiger partial charge on any atom is 0.250 e. The van der Waals surface area contributed by atoms with Crippen molar-refractivity contribution in [2.75, 3.05) is 37.9 Å². The summed E-state index contributed by atoms with van der Waals surface area (Å²) in [6.07, 6.45) is 4.53. The highest BCUT2D eigenvalue weighted by molar-refractivity contribution is 5.98. The molecule has 1 aromatic carbocycles. The number of hydrogen-bond donors (Lipinski definition) is 1. The van der Waals surface area contributed by atoms with E-state index in [-0.39, 0.29) is 5.91 Å². The van der Waals surface area contributed by atoms with Crippen molar-refractivity contribution in [1.82, 2.24) is 4.90 Å². The Morgan fingerprint density at radius 1 is 1.23 bits per heavy atom. The number of ether oxygens (including phenoxy) is 1. The van der Waals surface area contributed by atoms with Gasteiger partial charge in [0, 0.05) is 19.3 Å². The summed E-state index contributed by atoms with van der Waals surface area (Å²) in [5, 5.41) is 0. The number of nitrogens with zero attached hydrogens (tertiary/aromatic N) is 2. The van der Waals surface area contributed by atoms with Crippen molar-refractivity contribution < 1.29 is 9.53 Å². The number of rotatable bonds is 5. The molecule has 0 aliphatic carbocycles. The zero-order chi connectivity index (χ0) is 15.4. The van der Waals surface area contributed by atoms with Crippen molar-refractivity contribution in [3.63, 3.8) is 0 Å². The third-order valence-corrected chi connectivity index (χ3v) is 4.66. The highest BCUT2D eigenvalue weighted by atomic mass is 16.5. The normalized spacial score (nSPS) is 20.2. The second-order valence-corrected chi connectivity index (χ2v) is 6.16. The number of carbonyl (C=O) groups excluding carboxylic acids is 1. The molecule has 120 valence electrons. The fourth-order valence-corrected chi connectivity index (χ4v) is 3.46. The number of nitrogens with two attached hydrogens (primary N) is 1. The fourth-order valence-electron chi connectivity index (χ4n) is 3.46. The number of hydrogen-bond acceptors (Lipinski definition) is 4. The summed E-state index contributed by atoms with van der Waals surface area (Å²) in [4.78, 5) is 16.6. The predicted molar refractivity (Wildman–Crippen MR) is 87.0 cm³/mol. The van der Waals surface area contributed by atoms with E-state index in [1.54, 1.807) is 0 Å². The first-order valence-electron chi connectivity index (χ1n) is 8.21. The van der Waals surface area contributed by atoms with Gasteiger partial charge in [-0.15, -0.1) is 0 Å². The first-order valence-corrected chi connectivity index (χ1v) is 8.21. The first-order chi connectivity index (χ1) is 10.8. The van der Waals surface area contributed by atoms with Crippen LogP contribution in [0.1, 0.15) is 36.0 Å². The smallest absolute Gasteiger partial charge is 0.250 e. The molecule has 2 heterocycles. The predicted octanol–water partition coefficient (Wildman–Crippen LogP) is 1.82. The van der Waals surface area contributed by atoms with Gasteiger partial charge in [0.05, 0.1) is 17.9 Å². The van der Waals surface area contributed by atoms with E-state index in [2.05, 4.69) is 9.80 Å². The number of para-hydroxylation sites is 1. The highest BCUT2D eigenvalue weighted by Crippen LogP contribution is 2.27. The van der Waals surface area contributed by atoms with Crippen molar-refractivity contribution >= 4 is 11.6 Å². The van der Waals surface area contributed by atoms with Crippen LogP contribution in [0.3, 0.4) is 0 Å². The van der Waals surface area contributed by atoms with E-state index in [0.717, 1.165) is 51.5 Å². The number of benzene rings is 1. The molecule has 1 amide bonds. The van der Waals surface area contributed by atoms with Crippen molar-refractivity contribution in [2.45, 2.75) is 31.7 Å². The van der Waals surface area contributed by atoms with E-state index in [0.29, 0.717) is 11.6 Å². The van der Waals surface area contributed by atoms with Crippen molar-refractivity contribution in [1.29, 1.82) is 0 Å². The molecule has 0 bridgehead atoms. The van der Waals surface area contributed by atoms with Gasteiger partial charge in [-0.3, -0.25) is 9.69 Å². The molecule has 5 heteroatoms. The molecule has 0 aromatic heterocycles. The van der Waals surface area contributed by atoms with Gasteiger partial charge in [0.1, 0.15) is 0 Å². The van der Waals surface area contributed by atoms with Gasteiger partial charge in [0.2, 0.25) is 0 Å². The van der Waals surface area contributed by atoms with Gasteiger partial charge in [-0.25, -0.2) is 0 Å². The number of primary amides is 1. The summed E-state index contributed by atoms with van der Waals surface area (Å²) < 4.78 is 5.50. The zero-order valence-corrected chi connectivity index (χ0v) is 13.0. The third-order valence-electron chi connectivity index (χ3n) is 4.66. The third kappa shape index (κ3) is 3.42. The summed E-state index contributed by atoms with van der Waals surface area (Å²) in [6.45, 7) is 4.73. The second kappa shape index (κ2) is 7.11. The monoisotopic (exact) mass is 303 g/mol. The standard InChI is InChI=1S/C17H25N3O2/c18-17(21)15-5-1-2-6-16(15)20(13-19-9-3-4-10-19)14-7-11-22-12-8-14/h1-2,5-6,14H,3-4,7-13H2,(H2,18,21). The minimum absolute atomic E-state index is 0.353. The van der Waals surface area contributed by atoms with Crippen LogP contribution in [0, 0.1) is 0 Å².